The molecule has 0 radical (unpaired) electrons. The summed E-state index contributed by atoms with van der Waals surface area (Å²) in [5.74, 6) is -1.94. The van der Waals surface area contributed by atoms with Gasteiger partial charge in [0, 0.05) is 11.1 Å². The molecule has 0 saturated heterocycles. The molecular weight excluding hydrogens is 224 g/mol. The Morgan fingerprint density at radius 2 is 1.88 bits per heavy atom. The topological polar surface area (TPSA) is 62.7 Å². The van der Waals surface area contributed by atoms with Gasteiger partial charge in [-0.2, -0.15) is 5.26 Å². The average molecular weight is 231 g/mol. The number of nitrogen functional groups attached to an aromatic ring is 1. The first-order chi connectivity index (χ1) is 8.13. The summed E-state index contributed by atoms with van der Waals surface area (Å²) in [4.78, 5) is 3.77. The van der Waals surface area contributed by atoms with Crippen LogP contribution in [0.3, 0.4) is 0 Å². The van der Waals surface area contributed by atoms with Gasteiger partial charge >= 0.3 is 0 Å². The first kappa shape index (κ1) is 11.0. The van der Waals surface area contributed by atoms with E-state index in [-0.39, 0.29) is 22.6 Å². The molecule has 3 nitrogen and oxygen atoms in total. The number of nitrogens with zero attached hydrogens (tertiary/aromatic N) is 2. The quantitative estimate of drug-likeness (QED) is 0.820. The molecule has 2 N–H and O–H groups in total. The van der Waals surface area contributed by atoms with Crippen LogP contribution in [0.2, 0.25) is 0 Å². The summed E-state index contributed by atoms with van der Waals surface area (Å²) in [6, 6.07) is 8.46. The molecule has 0 atom stereocenters. The van der Waals surface area contributed by atoms with Crippen molar-refractivity contribution in [2.45, 2.75) is 0 Å². The number of anilines is 1. The van der Waals surface area contributed by atoms with Gasteiger partial charge in [-0.15, -0.1) is 0 Å². The highest BCUT2D eigenvalue weighted by molar-refractivity contribution is 5.74. The lowest BCUT2D eigenvalue weighted by Crippen LogP contribution is -1.98. The first-order valence-corrected chi connectivity index (χ1v) is 4.74. The highest BCUT2D eigenvalue weighted by Crippen LogP contribution is 2.28. The fourth-order valence-corrected chi connectivity index (χ4v) is 1.48. The zero-order valence-electron chi connectivity index (χ0n) is 8.61. The van der Waals surface area contributed by atoms with Crippen molar-refractivity contribution in [2.24, 2.45) is 0 Å². The Morgan fingerprint density at radius 3 is 2.53 bits per heavy atom. The summed E-state index contributed by atoms with van der Waals surface area (Å²) in [6.07, 6.45) is 0. The van der Waals surface area contributed by atoms with Crippen molar-refractivity contribution >= 4 is 5.82 Å². The van der Waals surface area contributed by atoms with E-state index in [9.17, 15) is 8.78 Å². The zero-order chi connectivity index (χ0) is 12.4. The number of nitrogens with two attached hydrogens (primary N) is 1. The zero-order valence-corrected chi connectivity index (χ0v) is 8.61. The summed E-state index contributed by atoms with van der Waals surface area (Å²) in [6.45, 7) is 0. The Kier molecular flexibility index (Phi) is 2.71. The summed E-state index contributed by atoms with van der Waals surface area (Å²) >= 11 is 0. The normalized spacial score (nSPS) is 9.94. The smallest absolute Gasteiger partial charge is 0.166 e. The van der Waals surface area contributed by atoms with Crippen LogP contribution in [0.1, 0.15) is 5.69 Å². The molecule has 2 aromatic rings. The largest absolute Gasteiger partial charge is 0.383 e. The van der Waals surface area contributed by atoms with Crippen molar-refractivity contribution in [3.63, 3.8) is 0 Å². The van der Waals surface area contributed by atoms with Gasteiger partial charge < -0.3 is 5.73 Å². The van der Waals surface area contributed by atoms with Crippen LogP contribution in [0.4, 0.5) is 14.6 Å². The van der Waals surface area contributed by atoms with E-state index in [2.05, 4.69) is 4.98 Å². The van der Waals surface area contributed by atoms with Crippen LogP contribution >= 0.6 is 0 Å². The molecule has 0 unspecified atom stereocenters. The highest BCUT2D eigenvalue weighted by Gasteiger charge is 2.13. The Morgan fingerprint density at radius 1 is 1.12 bits per heavy atom. The Balaban J connectivity index is 2.62. The minimum Gasteiger partial charge on any atom is -0.383 e. The molecule has 0 amide bonds. The standard InChI is InChI=1S/C12H7F2N3/c13-10-3-1-2-8(11(10)14)9-5-4-7(6-15)17-12(9)16/h1-5H,(H2,16,17). The monoisotopic (exact) mass is 231 g/mol. The lowest BCUT2D eigenvalue weighted by molar-refractivity contribution is 0.511. The van der Waals surface area contributed by atoms with Crippen LogP contribution in [-0.2, 0) is 0 Å². The number of hydrogen-bond donors (Lipinski definition) is 1. The second kappa shape index (κ2) is 4.18. The third-order valence-corrected chi connectivity index (χ3v) is 2.28. The van der Waals surface area contributed by atoms with Crippen molar-refractivity contribution in [2.75, 3.05) is 5.73 Å². The van der Waals surface area contributed by atoms with Crippen LogP contribution in [0.15, 0.2) is 30.3 Å². The number of aromatic nitrogens is 1. The van der Waals surface area contributed by atoms with Gasteiger partial charge in [-0.1, -0.05) is 12.1 Å². The molecule has 0 aliphatic heterocycles. The average Bonchev–Trinajstić information content (AvgIpc) is 2.33. The maximum absolute atomic E-state index is 13.5. The summed E-state index contributed by atoms with van der Waals surface area (Å²) in [5.41, 5.74) is 6.02. The molecule has 0 saturated carbocycles. The van der Waals surface area contributed by atoms with E-state index in [4.69, 9.17) is 11.0 Å². The van der Waals surface area contributed by atoms with Gasteiger partial charge in [0.25, 0.3) is 0 Å². The lowest BCUT2D eigenvalue weighted by atomic mass is 10.1. The molecule has 17 heavy (non-hydrogen) atoms. The maximum atomic E-state index is 13.5. The predicted molar refractivity (Wildman–Crippen MR) is 58.7 cm³/mol. The van der Waals surface area contributed by atoms with Crippen LogP contribution in [0.5, 0.6) is 0 Å². The van der Waals surface area contributed by atoms with Crippen molar-refractivity contribution in [3.8, 4) is 17.2 Å². The number of halogens is 2. The van der Waals surface area contributed by atoms with Gasteiger partial charge in [0.1, 0.15) is 17.6 Å². The van der Waals surface area contributed by atoms with Gasteiger partial charge in [-0.3, -0.25) is 0 Å². The fourth-order valence-electron chi connectivity index (χ4n) is 1.48. The lowest BCUT2D eigenvalue weighted by Gasteiger charge is -2.06. The van der Waals surface area contributed by atoms with Crippen molar-refractivity contribution in [1.82, 2.24) is 4.98 Å². The first-order valence-electron chi connectivity index (χ1n) is 4.74. The molecular formula is C12H7F2N3. The van der Waals surface area contributed by atoms with Gasteiger partial charge in [0.15, 0.2) is 11.6 Å². The molecule has 1 aromatic carbocycles. The van der Waals surface area contributed by atoms with E-state index in [1.165, 1.54) is 24.3 Å². The number of pyridine rings is 1. The number of benzene rings is 1. The number of rotatable bonds is 1. The van der Waals surface area contributed by atoms with Crippen LogP contribution in [0, 0.1) is 23.0 Å². The van der Waals surface area contributed by atoms with Crippen molar-refractivity contribution in [3.05, 3.63) is 47.7 Å². The fraction of sp³-hybridized carbons (Fsp3) is 0. The third-order valence-electron chi connectivity index (χ3n) is 2.28. The molecule has 2 rings (SSSR count). The van der Waals surface area contributed by atoms with E-state index >= 15 is 0 Å². The van der Waals surface area contributed by atoms with Gasteiger partial charge in [-0.05, 0) is 18.2 Å². The van der Waals surface area contributed by atoms with E-state index in [1.54, 1.807) is 0 Å². The van der Waals surface area contributed by atoms with E-state index in [0.717, 1.165) is 6.07 Å². The van der Waals surface area contributed by atoms with Crippen molar-refractivity contribution < 1.29 is 8.78 Å². The number of hydrogen-bond acceptors (Lipinski definition) is 3. The molecule has 0 fully saturated rings. The maximum Gasteiger partial charge on any atom is 0.166 e. The molecule has 5 heteroatoms. The Bertz CT molecular complexity index is 618. The summed E-state index contributed by atoms with van der Waals surface area (Å²) < 4.78 is 26.6. The highest BCUT2D eigenvalue weighted by atomic mass is 19.2. The minimum absolute atomic E-state index is 0.00597. The van der Waals surface area contributed by atoms with Crippen LogP contribution < -0.4 is 5.73 Å². The molecule has 1 heterocycles. The number of nitriles is 1. The van der Waals surface area contributed by atoms with Gasteiger partial charge in [0.05, 0.1) is 0 Å². The molecule has 1 aromatic heterocycles. The molecule has 0 aliphatic rings. The van der Waals surface area contributed by atoms with Gasteiger partial charge in [0.2, 0.25) is 0 Å². The molecule has 84 valence electrons. The van der Waals surface area contributed by atoms with E-state index in [1.807, 2.05) is 6.07 Å². The molecule has 0 aliphatic carbocycles. The Labute approximate surface area is 96.1 Å². The van der Waals surface area contributed by atoms with E-state index < -0.39 is 11.6 Å². The van der Waals surface area contributed by atoms with Gasteiger partial charge in [-0.25, -0.2) is 13.8 Å². The second-order valence-corrected chi connectivity index (χ2v) is 3.34. The second-order valence-electron chi connectivity index (χ2n) is 3.34. The van der Waals surface area contributed by atoms with Crippen LogP contribution in [-0.4, -0.2) is 4.98 Å². The predicted octanol–water partition coefficient (Wildman–Crippen LogP) is 2.48. The molecule has 0 spiro atoms. The minimum atomic E-state index is -0.981. The SMILES string of the molecule is N#Cc1ccc(-c2cccc(F)c2F)c(N)n1. The van der Waals surface area contributed by atoms with Crippen LogP contribution in [0.25, 0.3) is 11.1 Å². The van der Waals surface area contributed by atoms with Crippen molar-refractivity contribution in [1.29, 1.82) is 5.26 Å². The Hall–Kier alpha value is -2.48. The summed E-state index contributed by atoms with van der Waals surface area (Å²) in [7, 11) is 0. The molecule has 0 bridgehead atoms. The summed E-state index contributed by atoms with van der Waals surface area (Å²) in [5, 5.41) is 8.62. The third kappa shape index (κ3) is 1.93. The van der Waals surface area contributed by atoms with E-state index in [0.29, 0.717) is 0 Å².